The number of carbonyl (C=O) groups is 1. The number of carbonyl (C=O) groups excluding carboxylic acids is 1. The number of hydrogen-bond donors (Lipinski definition) is 1. The predicted molar refractivity (Wildman–Crippen MR) is 44.2 cm³/mol. The zero-order chi connectivity index (χ0) is 9.42. The molecule has 1 aliphatic rings. The summed E-state index contributed by atoms with van der Waals surface area (Å²) in [6.07, 6.45) is 0.417. The molecule has 0 unspecified atom stereocenters. The van der Waals surface area contributed by atoms with E-state index in [0.717, 1.165) is 0 Å². The molecule has 0 aromatic heterocycles. The number of hydrogen-bond acceptors (Lipinski definition) is 3. The van der Waals surface area contributed by atoms with Crippen molar-refractivity contribution in [1.29, 1.82) is 0 Å². The molecule has 1 heterocycles. The first-order valence-electron chi connectivity index (χ1n) is 3.79. The van der Waals surface area contributed by atoms with Gasteiger partial charge in [0.15, 0.2) is 6.29 Å². The minimum Gasteiger partial charge on any atom is -0.423 e. The van der Waals surface area contributed by atoms with Crippen molar-refractivity contribution in [1.82, 2.24) is 0 Å². The van der Waals surface area contributed by atoms with Crippen LogP contribution in [-0.4, -0.2) is 18.4 Å². The summed E-state index contributed by atoms with van der Waals surface area (Å²) in [7, 11) is -1.03. The second kappa shape index (κ2) is 2.94. The first kappa shape index (κ1) is 8.41. The molecule has 0 saturated heterocycles. The van der Waals surface area contributed by atoms with Crippen molar-refractivity contribution >= 4 is 18.9 Å². The van der Waals surface area contributed by atoms with E-state index < -0.39 is 12.9 Å². The van der Waals surface area contributed by atoms with Crippen LogP contribution in [0.5, 0.6) is 0 Å². The van der Waals surface area contributed by atoms with Gasteiger partial charge in [-0.3, -0.25) is 4.79 Å². The molecule has 1 N–H and O–H groups in total. The molecule has 1 aliphatic heterocycles. The van der Waals surface area contributed by atoms with Crippen molar-refractivity contribution < 1.29 is 18.9 Å². The molecule has 13 heavy (non-hydrogen) atoms. The van der Waals surface area contributed by atoms with Crippen molar-refractivity contribution in [2.45, 2.75) is 6.61 Å². The van der Waals surface area contributed by atoms with Gasteiger partial charge in [0.05, 0.1) is 6.61 Å². The molecule has 66 valence electrons. The van der Waals surface area contributed by atoms with Gasteiger partial charge >= 0.3 is 7.12 Å². The van der Waals surface area contributed by atoms with E-state index in [9.17, 15) is 14.2 Å². The van der Waals surface area contributed by atoms with E-state index in [1.807, 2.05) is 0 Å². The lowest BCUT2D eigenvalue weighted by Crippen LogP contribution is -2.28. The maximum absolute atomic E-state index is 13.0. The minimum atomic E-state index is -1.03. The molecule has 3 nitrogen and oxygen atoms in total. The predicted octanol–water partition coefficient (Wildman–Crippen LogP) is -0.144. The number of benzene rings is 1. The normalized spacial score (nSPS) is 14.5. The minimum absolute atomic E-state index is 0.0525. The van der Waals surface area contributed by atoms with Gasteiger partial charge in [-0.05, 0) is 23.2 Å². The molecule has 0 fully saturated rings. The lowest BCUT2D eigenvalue weighted by Gasteiger charge is -2.00. The second-order valence-electron chi connectivity index (χ2n) is 2.85. The monoisotopic (exact) mass is 180 g/mol. The Hall–Kier alpha value is -1.20. The Balaban J connectivity index is 2.57. The molecular weight excluding hydrogens is 174 g/mol. The maximum atomic E-state index is 13.0. The third-order valence-electron chi connectivity index (χ3n) is 2.05. The van der Waals surface area contributed by atoms with Gasteiger partial charge in [-0.2, -0.15) is 0 Å². The highest BCUT2D eigenvalue weighted by atomic mass is 19.1. The van der Waals surface area contributed by atoms with Gasteiger partial charge < -0.3 is 9.68 Å². The summed E-state index contributed by atoms with van der Waals surface area (Å²) in [4.78, 5) is 10.4. The Morgan fingerprint density at radius 2 is 2.38 bits per heavy atom. The lowest BCUT2D eigenvalue weighted by molar-refractivity contribution is 0.112. The quantitative estimate of drug-likeness (QED) is 0.483. The number of aldehydes is 1. The Morgan fingerprint density at radius 3 is 3.08 bits per heavy atom. The summed E-state index contributed by atoms with van der Waals surface area (Å²) in [6.45, 7) is 0.187. The summed E-state index contributed by atoms with van der Waals surface area (Å²) >= 11 is 0. The summed E-state index contributed by atoms with van der Waals surface area (Å²) in [6, 6.07) is 2.53. The highest BCUT2D eigenvalue weighted by Crippen LogP contribution is 2.13. The fraction of sp³-hybridized carbons (Fsp3) is 0.125. The van der Waals surface area contributed by atoms with Gasteiger partial charge in [-0.1, -0.05) is 0 Å². The summed E-state index contributed by atoms with van der Waals surface area (Å²) in [5.74, 6) is -0.577. The van der Waals surface area contributed by atoms with Crippen LogP contribution >= 0.6 is 0 Å². The Morgan fingerprint density at radius 1 is 1.62 bits per heavy atom. The van der Waals surface area contributed by atoms with Gasteiger partial charge in [-0.15, -0.1) is 0 Å². The van der Waals surface area contributed by atoms with Crippen LogP contribution in [0.4, 0.5) is 4.39 Å². The molecule has 0 aliphatic carbocycles. The molecule has 0 amide bonds. The van der Waals surface area contributed by atoms with E-state index in [2.05, 4.69) is 0 Å². The second-order valence-corrected chi connectivity index (χ2v) is 2.85. The molecule has 0 radical (unpaired) electrons. The Labute approximate surface area is 74.3 Å². The van der Waals surface area contributed by atoms with E-state index in [1.54, 1.807) is 0 Å². The van der Waals surface area contributed by atoms with E-state index in [0.29, 0.717) is 17.3 Å². The Bertz CT molecular complexity index is 367. The molecule has 0 saturated carbocycles. The highest BCUT2D eigenvalue weighted by molar-refractivity contribution is 6.61. The van der Waals surface area contributed by atoms with Crippen LogP contribution in [0, 0.1) is 5.82 Å². The third-order valence-corrected chi connectivity index (χ3v) is 2.05. The van der Waals surface area contributed by atoms with E-state index >= 15 is 0 Å². The van der Waals surface area contributed by atoms with Crippen molar-refractivity contribution in [2.75, 3.05) is 0 Å². The molecular formula is C8H6BFO3. The van der Waals surface area contributed by atoms with Crippen LogP contribution in [0.15, 0.2) is 12.1 Å². The number of halogens is 1. The number of rotatable bonds is 1. The van der Waals surface area contributed by atoms with Crippen LogP contribution in [-0.2, 0) is 11.3 Å². The molecule has 0 atom stereocenters. The van der Waals surface area contributed by atoms with Crippen LogP contribution in [0.2, 0.25) is 0 Å². The van der Waals surface area contributed by atoms with Gasteiger partial charge in [-0.25, -0.2) is 4.39 Å². The zero-order valence-electron chi connectivity index (χ0n) is 6.66. The van der Waals surface area contributed by atoms with Crippen LogP contribution in [0.1, 0.15) is 15.9 Å². The summed E-state index contributed by atoms with van der Waals surface area (Å²) < 4.78 is 17.9. The molecule has 0 spiro atoms. The van der Waals surface area contributed by atoms with Crippen molar-refractivity contribution in [3.63, 3.8) is 0 Å². The van der Waals surface area contributed by atoms with E-state index in [1.165, 1.54) is 12.1 Å². The smallest absolute Gasteiger partial charge is 0.423 e. The van der Waals surface area contributed by atoms with E-state index in [-0.39, 0.29) is 12.2 Å². The maximum Gasteiger partial charge on any atom is 0.491 e. The van der Waals surface area contributed by atoms with Crippen LogP contribution in [0.25, 0.3) is 0 Å². The third kappa shape index (κ3) is 1.26. The zero-order valence-corrected chi connectivity index (χ0v) is 6.66. The topological polar surface area (TPSA) is 46.5 Å². The van der Waals surface area contributed by atoms with Crippen molar-refractivity contribution in [2.24, 2.45) is 0 Å². The standard InChI is InChI=1S/C8H6BFO3/c10-8-2-6-4-13-9(12)7(6)1-5(8)3-11/h1-3,12H,4H2. The van der Waals surface area contributed by atoms with Gasteiger partial charge in [0.1, 0.15) is 5.82 Å². The highest BCUT2D eigenvalue weighted by Gasteiger charge is 2.28. The fourth-order valence-electron chi connectivity index (χ4n) is 1.35. The van der Waals surface area contributed by atoms with Crippen molar-refractivity contribution in [3.8, 4) is 0 Å². The first-order valence-corrected chi connectivity index (χ1v) is 3.79. The Kier molecular flexibility index (Phi) is 1.90. The van der Waals surface area contributed by atoms with E-state index in [4.69, 9.17) is 4.65 Å². The molecule has 1 aromatic rings. The van der Waals surface area contributed by atoms with Gasteiger partial charge in [0.25, 0.3) is 0 Å². The molecule has 2 rings (SSSR count). The van der Waals surface area contributed by atoms with Crippen LogP contribution < -0.4 is 5.46 Å². The van der Waals surface area contributed by atoms with Gasteiger partial charge in [0.2, 0.25) is 0 Å². The average molecular weight is 180 g/mol. The first-order chi connectivity index (χ1) is 6.22. The molecule has 1 aromatic carbocycles. The number of fused-ring (bicyclic) bond motifs is 1. The SMILES string of the molecule is O=Cc1cc2c(cc1F)COB2O. The lowest BCUT2D eigenvalue weighted by atomic mass is 9.79. The van der Waals surface area contributed by atoms with Gasteiger partial charge in [0, 0.05) is 5.56 Å². The average Bonchev–Trinajstić information content (AvgIpc) is 2.46. The molecule has 0 bridgehead atoms. The summed E-state index contributed by atoms with van der Waals surface area (Å²) in [5, 5.41) is 9.23. The van der Waals surface area contributed by atoms with Crippen molar-refractivity contribution in [3.05, 3.63) is 29.1 Å². The largest absolute Gasteiger partial charge is 0.491 e. The fourth-order valence-corrected chi connectivity index (χ4v) is 1.35. The van der Waals surface area contributed by atoms with Crippen LogP contribution in [0.3, 0.4) is 0 Å². The summed E-state index contributed by atoms with van der Waals surface area (Å²) in [5.41, 5.74) is 1.02. The molecule has 5 heteroatoms.